The van der Waals surface area contributed by atoms with Gasteiger partial charge in [-0.05, 0) is 12.1 Å². The number of imidazole rings is 1. The third kappa shape index (κ3) is 3.35. The first-order chi connectivity index (χ1) is 8.29. The van der Waals surface area contributed by atoms with Gasteiger partial charge >= 0.3 is 0 Å². The normalized spacial score (nSPS) is 12.8. The van der Waals surface area contributed by atoms with Crippen LogP contribution in [-0.4, -0.2) is 28.3 Å². The van der Waals surface area contributed by atoms with Gasteiger partial charge in [-0.25, -0.2) is 4.98 Å². The third-order valence-electron chi connectivity index (χ3n) is 2.40. The SMILES string of the molecule is C=CCNCC(C)Sc1nc2ccccc2[nH]1. The number of aromatic amines is 1. The second kappa shape index (κ2) is 5.89. The van der Waals surface area contributed by atoms with Crippen molar-refractivity contribution >= 4 is 22.8 Å². The quantitative estimate of drug-likeness (QED) is 0.468. The summed E-state index contributed by atoms with van der Waals surface area (Å²) in [5, 5.41) is 4.78. The van der Waals surface area contributed by atoms with Crippen molar-refractivity contribution in [2.75, 3.05) is 13.1 Å². The maximum absolute atomic E-state index is 4.54. The van der Waals surface area contributed by atoms with Crippen LogP contribution in [0.25, 0.3) is 11.0 Å². The van der Waals surface area contributed by atoms with Gasteiger partial charge in [-0.1, -0.05) is 36.9 Å². The fraction of sp³-hybridized carbons (Fsp3) is 0.308. The predicted octanol–water partition coefficient (Wildman–Crippen LogP) is 2.82. The van der Waals surface area contributed by atoms with E-state index >= 15 is 0 Å². The smallest absolute Gasteiger partial charge is 0.166 e. The van der Waals surface area contributed by atoms with Gasteiger partial charge in [-0.2, -0.15) is 0 Å². The molecule has 4 heteroatoms. The molecule has 1 unspecified atom stereocenters. The van der Waals surface area contributed by atoms with Crippen molar-refractivity contribution in [3.8, 4) is 0 Å². The van der Waals surface area contributed by atoms with Crippen LogP contribution in [0.15, 0.2) is 42.1 Å². The highest BCUT2D eigenvalue weighted by molar-refractivity contribution is 7.99. The molecule has 1 aromatic carbocycles. The van der Waals surface area contributed by atoms with Crippen LogP contribution in [0.2, 0.25) is 0 Å². The van der Waals surface area contributed by atoms with E-state index in [1.54, 1.807) is 11.8 Å². The van der Waals surface area contributed by atoms with Gasteiger partial charge in [0.1, 0.15) is 0 Å². The molecule has 17 heavy (non-hydrogen) atoms. The first kappa shape index (κ1) is 12.2. The summed E-state index contributed by atoms with van der Waals surface area (Å²) in [5.41, 5.74) is 2.13. The standard InChI is InChI=1S/C13H17N3S/c1-3-8-14-9-10(2)17-13-15-11-6-4-5-7-12(11)16-13/h3-7,10,14H,1,8-9H2,2H3,(H,15,16). The molecule has 0 saturated carbocycles. The Morgan fingerprint density at radius 3 is 3.12 bits per heavy atom. The molecular formula is C13H17N3S. The van der Waals surface area contributed by atoms with E-state index in [2.05, 4.69) is 28.8 Å². The summed E-state index contributed by atoms with van der Waals surface area (Å²) in [6, 6.07) is 8.10. The fourth-order valence-corrected chi connectivity index (χ4v) is 2.51. The van der Waals surface area contributed by atoms with Crippen molar-refractivity contribution in [3.05, 3.63) is 36.9 Å². The molecule has 2 rings (SSSR count). The van der Waals surface area contributed by atoms with Crippen LogP contribution in [0.5, 0.6) is 0 Å². The van der Waals surface area contributed by atoms with E-state index in [9.17, 15) is 0 Å². The lowest BCUT2D eigenvalue weighted by molar-refractivity contribution is 0.739. The largest absolute Gasteiger partial charge is 0.333 e. The van der Waals surface area contributed by atoms with Crippen molar-refractivity contribution in [1.82, 2.24) is 15.3 Å². The molecule has 1 heterocycles. The molecule has 0 spiro atoms. The zero-order chi connectivity index (χ0) is 12.1. The molecule has 0 aliphatic rings. The number of fused-ring (bicyclic) bond motifs is 1. The monoisotopic (exact) mass is 247 g/mol. The number of rotatable bonds is 6. The Bertz CT molecular complexity index is 459. The summed E-state index contributed by atoms with van der Waals surface area (Å²) < 4.78 is 0. The highest BCUT2D eigenvalue weighted by Crippen LogP contribution is 2.22. The van der Waals surface area contributed by atoms with Gasteiger partial charge in [0.15, 0.2) is 5.16 Å². The van der Waals surface area contributed by atoms with Crippen LogP contribution in [-0.2, 0) is 0 Å². The highest BCUT2D eigenvalue weighted by Gasteiger charge is 2.07. The van der Waals surface area contributed by atoms with Gasteiger partial charge in [-0.3, -0.25) is 0 Å². The highest BCUT2D eigenvalue weighted by atomic mass is 32.2. The van der Waals surface area contributed by atoms with E-state index in [-0.39, 0.29) is 0 Å². The average Bonchev–Trinajstić information content (AvgIpc) is 2.71. The Morgan fingerprint density at radius 2 is 2.35 bits per heavy atom. The van der Waals surface area contributed by atoms with E-state index < -0.39 is 0 Å². The Morgan fingerprint density at radius 1 is 1.53 bits per heavy atom. The van der Waals surface area contributed by atoms with E-state index in [0.29, 0.717) is 5.25 Å². The van der Waals surface area contributed by atoms with E-state index in [1.165, 1.54) is 0 Å². The first-order valence-corrected chi connectivity index (χ1v) is 6.60. The van der Waals surface area contributed by atoms with Gasteiger partial charge < -0.3 is 10.3 Å². The molecule has 90 valence electrons. The second-order valence-electron chi connectivity index (χ2n) is 3.93. The van der Waals surface area contributed by atoms with Crippen molar-refractivity contribution in [2.24, 2.45) is 0 Å². The number of hydrogen-bond donors (Lipinski definition) is 2. The fourth-order valence-electron chi connectivity index (χ4n) is 1.61. The van der Waals surface area contributed by atoms with Crippen LogP contribution in [0.1, 0.15) is 6.92 Å². The lowest BCUT2D eigenvalue weighted by atomic mass is 10.3. The van der Waals surface area contributed by atoms with Gasteiger partial charge in [0.05, 0.1) is 11.0 Å². The number of H-pyrrole nitrogens is 1. The van der Waals surface area contributed by atoms with Gasteiger partial charge in [0.25, 0.3) is 0 Å². The van der Waals surface area contributed by atoms with Crippen molar-refractivity contribution < 1.29 is 0 Å². The van der Waals surface area contributed by atoms with Crippen LogP contribution in [0.4, 0.5) is 0 Å². The van der Waals surface area contributed by atoms with Gasteiger partial charge in [-0.15, -0.1) is 6.58 Å². The van der Waals surface area contributed by atoms with Crippen LogP contribution >= 0.6 is 11.8 Å². The Kier molecular flexibility index (Phi) is 4.23. The number of para-hydroxylation sites is 2. The minimum atomic E-state index is 0.482. The number of hydrogen-bond acceptors (Lipinski definition) is 3. The summed E-state index contributed by atoms with van der Waals surface area (Å²) in [6.07, 6.45) is 1.87. The van der Waals surface area contributed by atoms with E-state index in [0.717, 1.165) is 29.3 Å². The average molecular weight is 247 g/mol. The minimum Gasteiger partial charge on any atom is -0.333 e. The maximum atomic E-state index is 4.54. The van der Waals surface area contributed by atoms with Crippen LogP contribution < -0.4 is 5.32 Å². The maximum Gasteiger partial charge on any atom is 0.166 e. The number of thioether (sulfide) groups is 1. The first-order valence-electron chi connectivity index (χ1n) is 5.72. The molecular weight excluding hydrogens is 230 g/mol. The number of nitrogens with zero attached hydrogens (tertiary/aromatic N) is 1. The summed E-state index contributed by atoms with van der Waals surface area (Å²) in [6.45, 7) is 7.68. The minimum absolute atomic E-state index is 0.482. The van der Waals surface area contributed by atoms with Crippen LogP contribution in [0, 0.1) is 0 Å². The lowest BCUT2D eigenvalue weighted by Crippen LogP contribution is -2.22. The molecule has 0 bridgehead atoms. The Labute approximate surface area is 106 Å². The topological polar surface area (TPSA) is 40.7 Å². The Hall–Kier alpha value is -1.26. The zero-order valence-corrected chi connectivity index (χ0v) is 10.8. The molecule has 0 aliphatic carbocycles. The molecule has 0 amide bonds. The summed E-state index contributed by atoms with van der Waals surface area (Å²) in [4.78, 5) is 7.86. The molecule has 2 aromatic rings. The number of benzene rings is 1. The Balaban J connectivity index is 1.95. The van der Waals surface area contributed by atoms with E-state index in [1.807, 2.05) is 30.3 Å². The third-order valence-corrected chi connectivity index (χ3v) is 3.39. The molecule has 0 radical (unpaired) electrons. The van der Waals surface area contributed by atoms with Gasteiger partial charge in [0.2, 0.25) is 0 Å². The van der Waals surface area contributed by atoms with Crippen LogP contribution in [0.3, 0.4) is 0 Å². The van der Waals surface area contributed by atoms with E-state index in [4.69, 9.17) is 0 Å². The molecule has 2 N–H and O–H groups in total. The molecule has 1 aromatic heterocycles. The summed E-state index contributed by atoms with van der Waals surface area (Å²) in [5.74, 6) is 0. The van der Waals surface area contributed by atoms with Crippen molar-refractivity contribution in [1.29, 1.82) is 0 Å². The zero-order valence-electron chi connectivity index (χ0n) is 9.94. The molecule has 1 atom stereocenters. The molecule has 0 aliphatic heterocycles. The number of nitrogens with one attached hydrogen (secondary N) is 2. The predicted molar refractivity (Wildman–Crippen MR) is 74.5 cm³/mol. The lowest BCUT2D eigenvalue weighted by Gasteiger charge is -2.08. The van der Waals surface area contributed by atoms with Crippen molar-refractivity contribution in [3.63, 3.8) is 0 Å². The van der Waals surface area contributed by atoms with Gasteiger partial charge in [0, 0.05) is 18.3 Å². The number of aromatic nitrogens is 2. The molecule has 0 fully saturated rings. The van der Waals surface area contributed by atoms with Crippen molar-refractivity contribution in [2.45, 2.75) is 17.3 Å². The summed E-state index contributed by atoms with van der Waals surface area (Å²) in [7, 11) is 0. The second-order valence-corrected chi connectivity index (χ2v) is 5.36. The molecule has 3 nitrogen and oxygen atoms in total. The molecule has 0 saturated heterocycles. The summed E-state index contributed by atoms with van der Waals surface area (Å²) >= 11 is 1.76.